The van der Waals surface area contributed by atoms with Gasteiger partial charge in [0, 0.05) is 9.86 Å². The van der Waals surface area contributed by atoms with E-state index in [1.165, 1.54) is 0 Å². The largest absolute Gasteiger partial charge is 0.310 e. The van der Waals surface area contributed by atoms with Gasteiger partial charge in [-0.3, -0.25) is 0 Å². The van der Waals surface area contributed by atoms with Crippen molar-refractivity contribution in [2.24, 2.45) is 0 Å². The number of aromatic nitrogens is 4. The molecule has 0 amide bonds. The summed E-state index contributed by atoms with van der Waals surface area (Å²) in [7, 11) is 0. The lowest BCUT2D eigenvalue weighted by molar-refractivity contribution is 0.665. The predicted molar refractivity (Wildman–Crippen MR) is 81.7 cm³/mol. The Hall–Kier alpha value is -1.79. The fraction of sp³-hybridized carbons (Fsp3) is 0.214. The minimum Gasteiger partial charge on any atom is -0.310 e. The number of benzene rings is 2. The fourth-order valence-corrected chi connectivity index (χ4v) is 2.65. The molecule has 0 radical (unpaired) electrons. The lowest BCUT2D eigenvalue weighted by Gasteiger charge is -2.09. The number of hydrogen-bond donors (Lipinski definition) is 1. The third kappa shape index (κ3) is 2.32. The summed E-state index contributed by atoms with van der Waals surface area (Å²) in [6, 6.07) is 12.3. The molecule has 0 atom stereocenters. The number of hydrogen-bond acceptors (Lipinski definition) is 4. The highest BCUT2D eigenvalue weighted by Gasteiger charge is 2.11. The number of nitrogens with zero attached hydrogens (tertiary/aromatic N) is 4. The van der Waals surface area contributed by atoms with Crippen molar-refractivity contribution in [1.29, 1.82) is 0 Å². The maximum atomic E-state index is 4.12. The first-order valence-corrected chi connectivity index (χ1v) is 7.26. The molecule has 0 aliphatic heterocycles. The van der Waals surface area contributed by atoms with Crippen LogP contribution in [0.2, 0.25) is 0 Å². The minimum absolute atomic E-state index is 0.647. The zero-order chi connectivity index (χ0) is 13.9. The van der Waals surface area contributed by atoms with Crippen molar-refractivity contribution in [3.8, 4) is 5.69 Å². The van der Waals surface area contributed by atoms with E-state index in [1.807, 2.05) is 24.3 Å². The van der Waals surface area contributed by atoms with Gasteiger partial charge in [-0.25, -0.2) is 0 Å². The Labute approximate surface area is 125 Å². The quantitative estimate of drug-likeness (QED) is 0.798. The molecular weight excluding hydrogens is 318 g/mol. The van der Waals surface area contributed by atoms with Crippen molar-refractivity contribution in [1.82, 2.24) is 25.5 Å². The van der Waals surface area contributed by atoms with Gasteiger partial charge in [0.05, 0.1) is 12.2 Å². The SMILES string of the molecule is CCNCc1nnnn1-c1ccc(Br)c2ccccc12. The predicted octanol–water partition coefficient (Wildman–Crippen LogP) is 2.69. The summed E-state index contributed by atoms with van der Waals surface area (Å²) in [5, 5.41) is 17.5. The van der Waals surface area contributed by atoms with E-state index in [-0.39, 0.29) is 0 Å². The molecule has 102 valence electrons. The van der Waals surface area contributed by atoms with E-state index in [4.69, 9.17) is 0 Å². The van der Waals surface area contributed by atoms with Gasteiger partial charge in [0.15, 0.2) is 5.82 Å². The van der Waals surface area contributed by atoms with Crippen LogP contribution in [0.15, 0.2) is 40.9 Å². The maximum Gasteiger partial charge on any atom is 0.170 e. The molecular formula is C14H14BrN5. The van der Waals surface area contributed by atoms with E-state index in [2.05, 4.69) is 55.8 Å². The van der Waals surface area contributed by atoms with E-state index in [0.717, 1.165) is 33.3 Å². The molecule has 0 aliphatic carbocycles. The van der Waals surface area contributed by atoms with Gasteiger partial charge in [0.25, 0.3) is 0 Å². The number of rotatable bonds is 4. The van der Waals surface area contributed by atoms with Crippen molar-refractivity contribution in [2.45, 2.75) is 13.5 Å². The highest BCUT2D eigenvalue weighted by molar-refractivity contribution is 9.10. The molecule has 0 unspecified atom stereocenters. The molecule has 2 aromatic carbocycles. The molecule has 5 nitrogen and oxygen atoms in total. The summed E-state index contributed by atoms with van der Waals surface area (Å²) in [5.74, 6) is 0.805. The molecule has 0 bridgehead atoms. The smallest absolute Gasteiger partial charge is 0.170 e. The lowest BCUT2D eigenvalue weighted by atomic mass is 10.1. The van der Waals surface area contributed by atoms with Gasteiger partial charge in [-0.05, 0) is 34.5 Å². The van der Waals surface area contributed by atoms with Crippen molar-refractivity contribution >= 4 is 26.7 Å². The Bertz CT molecular complexity index is 737. The summed E-state index contributed by atoms with van der Waals surface area (Å²) in [4.78, 5) is 0. The van der Waals surface area contributed by atoms with Gasteiger partial charge in [-0.15, -0.1) is 5.10 Å². The van der Waals surface area contributed by atoms with Crippen molar-refractivity contribution in [2.75, 3.05) is 6.54 Å². The van der Waals surface area contributed by atoms with E-state index >= 15 is 0 Å². The maximum absolute atomic E-state index is 4.12. The average Bonchev–Trinajstić information content (AvgIpc) is 2.94. The molecule has 0 aliphatic rings. The Balaban J connectivity index is 2.15. The van der Waals surface area contributed by atoms with Crippen molar-refractivity contribution in [3.63, 3.8) is 0 Å². The topological polar surface area (TPSA) is 55.6 Å². The van der Waals surface area contributed by atoms with Crippen LogP contribution < -0.4 is 5.32 Å². The van der Waals surface area contributed by atoms with Crippen LogP contribution in [-0.4, -0.2) is 26.8 Å². The molecule has 1 heterocycles. The first kappa shape index (κ1) is 13.2. The second-order valence-corrected chi connectivity index (χ2v) is 5.25. The monoisotopic (exact) mass is 331 g/mol. The minimum atomic E-state index is 0.647. The summed E-state index contributed by atoms with van der Waals surface area (Å²) in [6.45, 7) is 3.59. The van der Waals surface area contributed by atoms with Gasteiger partial charge in [0.2, 0.25) is 0 Å². The molecule has 0 saturated carbocycles. The summed E-state index contributed by atoms with van der Waals surface area (Å²) >= 11 is 3.58. The second-order valence-electron chi connectivity index (χ2n) is 4.40. The first-order chi connectivity index (χ1) is 9.81. The van der Waals surface area contributed by atoms with Crippen LogP contribution >= 0.6 is 15.9 Å². The molecule has 0 fully saturated rings. The standard InChI is InChI=1S/C14H14BrN5/c1-2-16-9-14-17-18-19-20(14)13-8-7-12(15)10-5-3-4-6-11(10)13/h3-8,16H,2,9H2,1H3. The van der Waals surface area contributed by atoms with Crippen molar-refractivity contribution in [3.05, 3.63) is 46.7 Å². The van der Waals surface area contributed by atoms with Crippen LogP contribution in [0.25, 0.3) is 16.5 Å². The van der Waals surface area contributed by atoms with Crippen LogP contribution in [0, 0.1) is 0 Å². The van der Waals surface area contributed by atoms with E-state index < -0.39 is 0 Å². The molecule has 3 rings (SSSR count). The molecule has 6 heteroatoms. The summed E-state index contributed by atoms with van der Waals surface area (Å²) < 4.78 is 2.86. The van der Waals surface area contributed by atoms with E-state index in [0.29, 0.717) is 6.54 Å². The number of halogens is 1. The van der Waals surface area contributed by atoms with Gasteiger partial charge < -0.3 is 5.32 Å². The molecule has 0 spiro atoms. The summed E-state index contributed by atoms with van der Waals surface area (Å²) in [6.07, 6.45) is 0. The first-order valence-electron chi connectivity index (χ1n) is 6.47. The third-order valence-electron chi connectivity index (χ3n) is 3.14. The Morgan fingerprint density at radius 1 is 1.15 bits per heavy atom. The molecule has 0 saturated heterocycles. The van der Waals surface area contributed by atoms with E-state index in [9.17, 15) is 0 Å². The number of nitrogens with one attached hydrogen (secondary N) is 1. The van der Waals surface area contributed by atoms with Crippen LogP contribution in [0.3, 0.4) is 0 Å². The molecule has 1 aromatic heterocycles. The van der Waals surface area contributed by atoms with Crippen LogP contribution in [0.1, 0.15) is 12.7 Å². The summed E-state index contributed by atoms with van der Waals surface area (Å²) in [5.41, 5.74) is 0.988. The lowest BCUT2D eigenvalue weighted by Crippen LogP contribution is -2.16. The Kier molecular flexibility index (Phi) is 3.75. The van der Waals surface area contributed by atoms with Crippen molar-refractivity contribution < 1.29 is 0 Å². The van der Waals surface area contributed by atoms with E-state index in [1.54, 1.807) is 4.68 Å². The Morgan fingerprint density at radius 2 is 1.95 bits per heavy atom. The van der Waals surface area contributed by atoms with Crippen LogP contribution in [0.4, 0.5) is 0 Å². The van der Waals surface area contributed by atoms with Crippen LogP contribution in [-0.2, 0) is 6.54 Å². The normalized spacial score (nSPS) is 11.1. The van der Waals surface area contributed by atoms with Gasteiger partial charge in [-0.2, -0.15) is 4.68 Å². The van der Waals surface area contributed by atoms with Gasteiger partial charge in [-0.1, -0.05) is 47.1 Å². The highest BCUT2D eigenvalue weighted by Crippen LogP contribution is 2.28. The molecule has 3 aromatic rings. The third-order valence-corrected chi connectivity index (χ3v) is 3.83. The van der Waals surface area contributed by atoms with Gasteiger partial charge >= 0.3 is 0 Å². The highest BCUT2D eigenvalue weighted by atomic mass is 79.9. The average molecular weight is 332 g/mol. The zero-order valence-corrected chi connectivity index (χ0v) is 12.6. The molecule has 1 N–H and O–H groups in total. The number of tetrazole rings is 1. The number of fused-ring (bicyclic) bond motifs is 1. The van der Waals surface area contributed by atoms with Gasteiger partial charge in [0.1, 0.15) is 0 Å². The second kappa shape index (κ2) is 5.68. The zero-order valence-electron chi connectivity index (χ0n) is 11.0. The Morgan fingerprint density at radius 3 is 2.75 bits per heavy atom. The molecule has 20 heavy (non-hydrogen) atoms. The fourth-order valence-electron chi connectivity index (χ4n) is 2.17. The van der Waals surface area contributed by atoms with Crippen LogP contribution in [0.5, 0.6) is 0 Å².